The number of hydrogen-bond donors (Lipinski definition) is 0. The molecule has 142 valence electrons. The molecule has 0 bridgehead atoms. The van der Waals surface area contributed by atoms with Crippen molar-refractivity contribution in [1.29, 1.82) is 0 Å². The van der Waals surface area contributed by atoms with Crippen molar-refractivity contribution in [1.82, 2.24) is 4.90 Å². The zero-order valence-electron chi connectivity index (χ0n) is 14.2. The lowest BCUT2D eigenvalue weighted by molar-refractivity contribution is -0.123. The first-order chi connectivity index (χ1) is 13.4. The van der Waals surface area contributed by atoms with Gasteiger partial charge in [0.05, 0.1) is 18.6 Å². The average Bonchev–Trinajstić information content (AvgIpc) is 2.90. The van der Waals surface area contributed by atoms with Gasteiger partial charge in [-0.2, -0.15) is 0 Å². The first-order valence-corrected chi connectivity index (χ1v) is 11.7. The molecule has 0 unspecified atom stereocenters. The van der Waals surface area contributed by atoms with Crippen molar-refractivity contribution in [2.45, 2.75) is 6.54 Å². The van der Waals surface area contributed by atoms with E-state index in [1.165, 1.54) is 4.90 Å². The van der Waals surface area contributed by atoms with Gasteiger partial charge in [-0.3, -0.25) is 14.5 Å². The number of nitrogens with zero attached hydrogens (tertiary/aromatic N) is 1. The molecular weight excluding hydrogens is 668 g/mol. The third-order valence-electron chi connectivity index (χ3n) is 3.75. The number of thioether (sulfide) groups is 1. The normalized spacial score (nSPS) is 15.2. The van der Waals surface area contributed by atoms with Crippen LogP contribution in [-0.4, -0.2) is 22.7 Å². The molecule has 8 heteroatoms. The van der Waals surface area contributed by atoms with E-state index in [1.807, 2.05) is 36.4 Å². The van der Waals surface area contributed by atoms with Gasteiger partial charge in [-0.25, -0.2) is 0 Å². The van der Waals surface area contributed by atoms with Crippen molar-refractivity contribution < 1.29 is 14.3 Å². The smallest absolute Gasteiger partial charge is 0.293 e. The van der Waals surface area contributed by atoms with E-state index >= 15 is 0 Å². The van der Waals surface area contributed by atoms with Crippen LogP contribution in [0.25, 0.3) is 6.08 Å². The van der Waals surface area contributed by atoms with Crippen molar-refractivity contribution in [3.63, 3.8) is 0 Å². The quantitative estimate of drug-likeness (QED) is 0.224. The minimum absolute atomic E-state index is 0.195. The van der Waals surface area contributed by atoms with Gasteiger partial charge in [0.1, 0.15) is 12.4 Å². The molecule has 1 aliphatic heterocycles. The molecule has 1 aliphatic rings. The molecule has 1 saturated heterocycles. The zero-order chi connectivity index (χ0) is 20.3. The summed E-state index contributed by atoms with van der Waals surface area (Å²) in [5.41, 5.74) is 1.72. The number of rotatable bonds is 5. The number of terminal acetylenes is 1. The fourth-order valence-corrected chi connectivity index (χ4v) is 5.70. The third kappa shape index (κ3) is 5.11. The van der Waals surface area contributed by atoms with Gasteiger partial charge < -0.3 is 4.74 Å². The molecule has 1 fully saturated rings. The molecule has 0 radical (unpaired) electrons. The summed E-state index contributed by atoms with van der Waals surface area (Å²) in [6.45, 7) is 0.448. The molecule has 0 atom stereocenters. The van der Waals surface area contributed by atoms with Crippen LogP contribution in [0.5, 0.6) is 5.75 Å². The van der Waals surface area contributed by atoms with Crippen LogP contribution in [0.1, 0.15) is 11.1 Å². The standard InChI is InChI=1S/C20H12BrI2NO3S/c1-2-7-27-18-15(22)8-13(9-16(18)23)10-17-19(25)24(20(26)28-17)11-12-3-5-14(21)6-4-12/h1,3-6,8-10H,7,11H2/b17-10-. The summed E-state index contributed by atoms with van der Waals surface area (Å²) >= 11 is 8.67. The fourth-order valence-electron chi connectivity index (χ4n) is 2.47. The maximum atomic E-state index is 12.7. The van der Waals surface area contributed by atoms with Gasteiger partial charge in [-0.15, -0.1) is 6.42 Å². The van der Waals surface area contributed by atoms with E-state index in [1.54, 1.807) is 6.08 Å². The first-order valence-electron chi connectivity index (χ1n) is 7.94. The van der Waals surface area contributed by atoms with E-state index in [4.69, 9.17) is 11.2 Å². The lowest BCUT2D eigenvalue weighted by atomic mass is 10.2. The van der Waals surface area contributed by atoms with Crippen LogP contribution >= 0.6 is 72.9 Å². The highest BCUT2D eigenvalue weighted by Gasteiger charge is 2.35. The Morgan fingerprint density at radius 2 is 1.82 bits per heavy atom. The summed E-state index contributed by atoms with van der Waals surface area (Å²) in [4.78, 5) is 26.7. The molecule has 0 aliphatic carbocycles. The maximum Gasteiger partial charge on any atom is 0.293 e. The van der Waals surface area contributed by atoms with E-state index in [0.717, 1.165) is 40.3 Å². The summed E-state index contributed by atoms with van der Waals surface area (Å²) in [5, 5.41) is -0.266. The number of ether oxygens (including phenoxy) is 1. The highest BCUT2D eigenvalue weighted by atomic mass is 127. The lowest BCUT2D eigenvalue weighted by Crippen LogP contribution is -2.27. The Balaban J connectivity index is 1.81. The van der Waals surface area contributed by atoms with Gasteiger partial charge in [-0.05, 0) is 98.4 Å². The summed E-state index contributed by atoms with van der Waals surface area (Å²) in [5.74, 6) is 2.89. The second-order valence-corrected chi connectivity index (χ2v) is 9.93. The number of carbonyl (C=O) groups excluding carboxylic acids is 2. The molecule has 4 nitrogen and oxygen atoms in total. The number of benzene rings is 2. The van der Waals surface area contributed by atoms with Gasteiger partial charge in [0.15, 0.2) is 0 Å². The van der Waals surface area contributed by atoms with Crippen LogP contribution in [0.15, 0.2) is 45.8 Å². The van der Waals surface area contributed by atoms with Crippen LogP contribution in [-0.2, 0) is 11.3 Å². The molecule has 2 aromatic carbocycles. The number of carbonyl (C=O) groups is 2. The highest BCUT2D eigenvalue weighted by molar-refractivity contribution is 14.1. The average molecular weight is 680 g/mol. The van der Waals surface area contributed by atoms with Crippen molar-refractivity contribution in [2.75, 3.05) is 6.61 Å². The molecule has 0 spiro atoms. The van der Waals surface area contributed by atoms with Crippen molar-refractivity contribution in [3.05, 3.63) is 64.0 Å². The minimum atomic E-state index is -0.282. The first kappa shape index (κ1) is 21.7. The Hall–Kier alpha value is -1.03. The zero-order valence-corrected chi connectivity index (χ0v) is 21.0. The van der Waals surface area contributed by atoms with E-state index in [2.05, 4.69) is 67.0 Å². The second kappa shape index (κ2) is 9.65. The van der Waals surface area contributed by atoms with Crippen molar-refractivity contribution >= 4 is 90.1 Å². The van der Waals surface area contributed by atoms with Gasteiger partial charge in [0, 0.05) is 4.47 Å². The van der Waals surface area contributed by atoms with Crippen LogP contribution in [0.2, 0.25) is 0 Å². The third-order valence-corrected chi connectivity index (χ3v) is 6.78. The van der Waals surface area contributed by atoms with E-state index in [-0.39, 0.29) is 24.3 Å². The Morgan fingerprint density at radius 3 is 2.43 bits per heavy atom. The maximum absolute atomic E-state index is 12.7. The summed E-state index contributed by atoms with van der Waals surface area (Å²) < 4.78 is 8.29. The summed E-state index contributed by atoms with van der Waals surface area (Å²) in [7, 11) is 0. The molecule has 1 heterocycles. The number of amides is 2. The Kier molecular flexibility index (Phi) is 7.47. The molecule has 0 saturated carbocycles. The largest absolute Gasteiger partial charge is 0.479 e. The SMILES string of the molecule is C#CCOc1c(I)cc(/C=C2\SC(=O)N(Cc3ccc(Br)cc3)C2=O)cc1I. The van der Waals surface area contributed by atoms with Gasteiger partial charge in [0.2, 0.25) is 0 Å². The van der Waals surface area contributed by atoms with E-state index in [0.29, 0.717) is 4.91 Å². The van der Waals surface area contributed by atoms with Crippen LogP contribution in [0.3, 0.4) is 0 Å². The molecule has 3 rings (SSSR count). The van der Waals surface area contributed by atoms with Crippen molar-refractivity contribution in [2.24, 2.45) is 0 Å². The van der Waals surface area contributed by atoms with Gasteiger partial charge in [-0.1, -0.05) is 34.0 Å². The van der Waals surface area contributed by atoms with Gasteiger partial charge >= 0.3 is 0 Å². The molecule has 0 aromatic heterocycles. The van der Waals surface area contributed by atoms with Gasteiger partial charge in [0.25, 0.3) is 11.1 Å². The molecule has 28 heavy (non-hydrogen) atoms. The van der Waals surface area contributed by atoms with Crippen LogP contribution in [0.4, 0.5) is 4.79 Å². The lowest BCUT2D eigenvalue weighted by Gasteiger charge is -2.12. The molecule has 2 amide bonds. The van der Waals surface area contributed by atoms with Crippen molar-refractivity contribution in [3.8, 4) is 18.1 Å². The highest BCUT2D eigenvalue weighted by Crippen LogP contribution is 2.35. The molecular formula is C20H12BrI2NO3S. The number of hydrogen-bond acceptors (Lipinski definition) is 4. The van der Waals surface area contributed by atoms with Crippen LogP contribution in [0, 0.1) is 19.5 Å². The monoisotopic (exact) mass is 679 g/mol. The van der Waals surface area contributed by atoms with E-state index in [9.17, 15) is 9.59 Å². The number of halogens is 3. The summed E-state index contributed by atoms with van der Waals surface area (Å²) in [6.07, 6.45) is 6.99. The predicted molar refractivity (Wildman–Crippen MR) is 132 cm³/mol. The Morgan fingerprint density at radius 1 is 1.18 bits per heavy atom. The second-order valence-electron chi connectivity index (χ2n) is 5.70. The Labute approximate surface area is 202 Å². The van der Waals surface area contributed by atoms with E-state index < -0.39 is 0 Å². The number of imide groups is 1. The fraction of sp³-hybridized carbons (Fsp3) is 0.100. The predicted octanol–water partition coefficient (Wildman–Crippen LogP) is 5.91. The summed E-state index contributed by atoms with van der Waals surface area (Å²) in [6, 6.07) is 11.3. The van der Waals surface area contributed by atoms with Crippen LogP contribution < -0.4 is 4.74 Å². The molecule has 2 aromatic rings. The minimum Gasteiger partial charge on any atom is -0.479 e. The Bertz CT molecular complexity index is 992. The topological polar surface area (TPSA) is 46.6 Å². The molecule has 0 N–H and O–H groups in total.